The van der Waals surface area contributed by atoms with E-state index < -0.39 is 5.54 Å². The number of rotatable bonds is 4. The van der Waals surface area contributed by atoms with Gasteiger partial charge in [0.05, 0.1) is 12.8 Å². The smallest absolute Gasteiger partial charge is 0.317 e. The van der Waals surface area contributed by atoms with Crippen LogP contribution in [0.15, 0.2) is 24.3 Å². The summed E-state index contributed by atoms with van der Waals surface area (Å²) in [6.45, 7) is 0. The zero-order chi connectivity index (χ0) is 17.9. The molecule has 2 amide bonds. The minimum absolute atomic E-state index is 0.133. The molecule has 0 bridgehead atoms. The summed E-state index contributed by atoms with van der Waals surface area (Å²) in [7, 11) is 5.09. The number of methoxy groups -OCH3 is 1. The van der Waals surface area contributed by atoms with Crippen molar-refractivity contribution >= 4 is 6.03 Å². The summed E-state index contributed by atoms with van der Waals surface area (Å²) in [5, 5.41) is 15.1. The molecule has 3 rings (SSSR count). The molecule has 8 heteroatoms. The van der Waals surface area contributed by atoms with Crippen LogP contribution in [0.4, 0.5) is 4.79 Å². The van der Waals surface area contributed by atoms with Gasteiger partial charge >= 0.3 is 6.03 Å². The lowest BCUT2D eigenvalue weighted by Gasteiger charge is -2.43. The normalized spacial score (nSPS) is 16.3. The SMILES string of the molecule is CNC(=O)N(C)C1(c2nnnn2-c2ccc(OC)cc2)CCCCC1. The zero-order valence-corrected chi connectivity index (χ0v) is 14.9. The third-order valence-electron chi connectivity index (χ3n) is 5.04. The Kier molecular flexibility index (Phi) is 4.87. The van der Waals surface area contributed by atoms with Crippen molar-refractivity contribution in [2.75, 3.05) is 21.2 Å². The minimum Gasteiger partial charge on any atom is -0.497 e. The van der Waals surface area contributed by atoms with Gasteiger partial charge in [0, 0.05) is 14.1 Å². The predicted molar refractivity (Wildman–Crippen MR) is 92.7 cm³/mol. The summed E-state index contributed by atoms with van der Waals surface area (Å²) in [4.78, 5) is 14.1. The van der Waals surface area contributed by atoms with Crippen LogP contribution in [0.25, 0.3) is 5.69 Å². The van der Waals surface area contributed by atoms with Gasteiger partial charge in [-0.05, 0) is 47.5 Å². The number of ether oxygens (including phenoxy) is 1. The van der Waals surface area contributed by atoms with Crippen LogP contribution in [0, 0.1) is 0 Å². The second kappa shape index (κ2) is 7.08. The Morgan fingerprint density at radius 3 is 2.52 bits per heavy atom. The number of hydrogen-bond donors (Lipinski definition) is 1. The summed E-state index contributed by atoms with van der Waals surface area (Å²) in [6, 6.07) is 7.43. The highest BCUT2D eigenvalue weighted by Crippen LogP contribution is 2.41. The number of carbonyl (C=O) groups excluding carboxylic acids is 1. The van der Waals surface area contributed by atoms with E-state index in [0.717, 1.165) is 43.5 Å². The van der Waals surface area contributed by atoms with Crippen LogP contribution in [-0.2, 0) is 5.54 Å². The van der Waals surface area contributed by atoms with Crippen LogP contribution in [0.5, 0.6) is 5.75 Å². The molecule has 25 heavy (non-hydrogen) atoms. The second-order valence-corrected chi connectivity index (χ2v) is 6.32. The number of nitrogens with one attached hydrogen (secondary N) is 1. The van der Waals surface area contributed by atoms with E-state index in [1.54, 1.807) is 23.7 Å². The van der Waals surface area contributed by atoms with Crippen LogP contribution in [0.2, 0.25) is 0 Å². The Bertz CT molecular complexity index is 721. The summed E-state index contributed by atoms with van der Waals surface area (Å²) in [5.74, 6) is 1.47. The molecular weight excluding hydrogens is 320 g/mol. The fourth-order valence-corrected chi connectivity index (χ4v) is 3.58. The lowest BCUT2D eigenvalue weighted by molar-refractivity contribution is 0.0873. The van der Waals surface area contributed by atoms with Crippen molar-refractivity contribution < 1.29 is 9.53 Å². The van der Waals surface area contributed by atoms with E-state index in [0.29, 0.717) is 5.82 Å². The first-order valence-corrected chi connectivity index (χ1v) is 8.51. The zero-order valence-electron chi connectivity index (χ0n) is 14.9. The molecule has 0 atom stereocenters. The molecule has 1 fully saturated rings. The Labute approximate surface area is 147 Å². The van der Waals surface area contributed by atoms with Gasteiger partial charge in [-0.1, -0.05) is 19.3 Å². The lowest BCUT2D eigenvalue weighted by atomic mass is 9.79. The molecule has 0 aliphatic heterocycles. The van der Waals surface area contributed by atoms with Gasteiger partial charge < -0.3 is 15.0 Å². The third-order valence-corrected chi connectivity index (χ3v) is 5.04. The van der Waals surface area contributed by atoms with E-state index >= 15 is 0 Å². The minimum atomic E-state index is -0.512. The Morgan fingerprint density at radius 1 is 1.24 bits per heavy atom. The fraction of sp³-hybridized carbons (Fsp3) is 0.529. The maximum atomic E-state index is 12.4. The maximum Gasteiger partial charge on any atom is 0.317 e. The van der Waals surface area contributed by atoms with E-state index in [9.17, 15) is 4.79 Å². The van der Waals surface area contributed by atoms with Crippen LogP contribution in [-0.4, -0.2) is 52.3 Å². The molecule has 1 aromatic carbocycles. The molecule has 1 saturated carbocycles. The molecule has 8 nitrogen and oxygen atoms in total. The molecule has 0 radical (unpaired) electrons. The van der Waals surface area contributed by atoms with Crippen LogP contribution in [0.3, 0.4) is 0 Å². The summed E-state index contributed by atoms with van der Waals surface area (Å²) < 4.78 is 6.94. The third kappa shape index (κ3) is 3.04. The molecule has 1 heterocycles. The van der Waals surface area contributed by atoms with E-state index in [1.165, 1.54) is 0 Å². The number of tetrazole rings is 1. The highest BCUT2D eigenvalue weighted by atomic mass is 16.5. The number of aromatic nitrogens is 4. The summed E-state index contributed by atoms with van der Waals surface area (Å²) >= 11 is 0. The van der Waals surface area contributed by atoms with E-state index in [2.05, 4.69) is 20.8 Å². The molecule has 2 aromatic rings. The van der Waals surface area contributed by atoms with Gasteiger partial charge in [0.15, 0.2) is 5.82 Å². The quantitative estimate of drug-likeness (QED) is 0.918. The topological polar surface area (TPSA) is 85.2 Å². The van der Waals surface area contributed by atoms with Crippen LogP contribution in [0.1, 0.15) is 37.9 Å². The summed E-state index contributed by atoms with van der Waals surface area (Å²) in [6.07, 6.45) is 4.92. The van der Waals surface area contributed by atoms with Gasteiger partial charge in [0.2, 0.25) is 0 Å². The first-order chi connectivity index (χ1) is 12.1. The highest BCUT2D eigenvalue weighted by molar-refractivity contribution is 5.74. The Hall–Kier alpha value is -2.64. The van der Waals surface area contributed by atoms with Gasteiger partial charge in [0.1, 0.15) is 11.3 Å². The number of carbonyl (C=O) groups is 1. The molecule has 1 aliphatic rings. The number of hydrogen-bond acceptors (Lipinski definition) is 5. The monoisotopic (exact) mass is 344 g/mol. The van der Waals surface area contributed by atoms with Crippen molar-refractivity contribution in [2.45, 2.75) is 37.6 Å². The van der Waals surface area contributed by atoms with E-state index in [4.69, 9.17) is 4.74 Å². The van der Waals surface area contributed by atoms with Crippen LogP contribution >= 0.6 is 0 Å². The van der Waals surface area contributed by atoms with Crippen molar-refractivity contribution in [3.63, 3.8) is 0 Å². The van der Waals surface area contributed by atoms with Gasteiger partial charge in [0.25, 0.3) is 0 Å². The van der Waals surface area contributed by atoms with Gasteiger partial charge in [-0.2, -0.15) is 4.68 Å². The molecule has 1 aliphatic carbocycles. The van der Waals surface area contributed by atoms with Gasteiger partial charge in [-0.25, -0.2) is 4.79 Å². The molecular formula is C17H24N6O2. The fourth-order valence-electron chi connectivity index (χ4n) is 3.58. The molecule has 1 N–H and O–H groups in total. The van der Waals surface area contributed by atoms with Crippen molar-refractivity contribution in [1.82, 2.24) is 30.4 Å². The average molecular weight is 344 g/mol. The van der Waals surface area contributed by atoms with Crippen LogP contribution < -0.4 is 10.1 Å². The van der Waals surface area contributed by atoms with Crippen molar-refractivity contribution in [3.05, 3.63) is 30.1 Å². The highest BCUT2D eigenvalue weighted by Gasteiger charge is 2.44. The number of urea groups is 1. The largest absolute Gasteiger partial charge is 0.497 e. The van der Waals surface area contributed by atoms with Gasteiger partial charge in [-0.15, -0.1) is 5.10 Å². The molecule has 1 aromatic heterocycles. The van der Waals surface area contributed by atoms with Crippen molar-refractivity contribution in [2.24, 2.45) is 0 Å². The number of nitrogens with zero attached hydrogens (tertiary/aromatic N) is 5. The van der Waals surface area contributed by atoms with Gasteiger partial charge in [-0.3, -0.25) is 0 Å². The molecule has 134 valence electrons. The van der Waals surface area contributed by atoms with Crippen molar-refractivity contribution in [1.29, 1.82) is 0 Å². The molecule has 0 spiro atoms. The number of amides is 2. The first kappa shape index (κ1) is 17.2. The predicted octanol–water partition coefficient (Wildman–Crippen LogP) is 2.10. The number of benzene rings is 1. The Morgan fingerprint density at radius 2 is 1.92 bits per heavy atom. The van der Waals surface area contributed by atoms with Crippen molar-refractivity contribution in [3.8, 4) is 11.4 Å². The first-order valence-electron chi connectivity index (χ1n) is 8.51. The second-order valence-electron chi connectivity index (χ2n) is 6.32. The Balaban J connectivity index is 2.05. The standard InChI is InChI=1S/C17H24N6O2/c1-18-16(24)22(2)17(11-5-4-6-12-17)15-19-20-21-23(15)13-7-9-14(25-3)10-8-13/h7-10H,4-6,11-12H2,1-3H3,(H,18,24). The molecule has 0 unspecified atom stereocenters. The van der Waals surface area contributed by atoms with E-state index in [1.807, 2.05) is 31.3 Å². The summed E-state index contributed by atoms with van der Waals surface area (Å²) in [5.41, 5.74) is 0.331. The van der Waals surface area contributed by atoms with E-state index in [-0.39, 0.29) is 6.03 Å². The maximum absolute atomic E-state index is 12.4. The average Bonchev–Trinajstić information content (AvgIpc) is 3.17. The lowest BCUT2D eigenvalue weighted by Crippen LogP contribution is -2.52. The molecule has 0 saturated heterocycles.